The van der Waals surface area contributed by atoms with Crippen LogP contribution in [0.15, 0.2) is 73.1 Å². The first kappa shape index (κ1) is 19.2. The van der Waals surface area contributed by atoms with Crippen molar-refractivity contribution >= 4 is 17.5 Å². The number of anilines is 1. The predicted molar refractivity (Wildman–Crippen MR) is 106 cm³/mol. The first-order valence-corrected chi connectivity index (χ1v) is 8.96. The quantitative estimate of drug-likeness (QED) is 0.631. The van der Waals surface area contributed by atoms with E-state index in [9.17, 15) is 9.59 Å². The molecule has 0 aliphatic rings. The number of ether oxygens (including phenoxy) is 1. The molecule has 1 unspecified atom stereocenters. The van der Waals surface area contributed by atoms with E-state index in [0.29, 0.717) is 18.0 Å². The monoisotopic (exact) mass is 378 g/mol. The van der Waals surface area contributed by atoms with E-state index >= 15 is 0 Å². The van der Waals surface area contributed by atoms with Crippen molar-refractivity contribution in [3.8, 4) is 5.75 Å². The molecule has 3 rings (SSSR count). The zero-order valence-electron chi connectivity index (χ0n) is 15.5. The molecule has 2 aromatic carbocycles. The SMILES string of the molecule is CC(Oc1ccccc1)C(=O)NCc1cccc(NC(=O)Cn2cccn2)c1. The Bertz CT molecular complexity index is 910. The summed E-state index contributed by atoms with van der Waals surface area (Å²) in [4.78, 5) is 24.3. The fraction of sp³-hybridized carbons (Fsp3) is 0.190. The van der Waals surface area contributed by atoms with Gasteiger partial charge in [-0.2, -0.15) is 5.10 Å². The highest BCUT2D eigenvalue weighted by atomic mass is 16.5. The minimum Gasteiger partial charge on any atom is -0.481 e. The van der Waals surface area contributed by atoms with Crippen LogP contribution >= 0.6 is 0 Å². The average molecular weight is 378 g/mol. The molecule has 1 atom stereocenters. The van der Waals surface area contributed by atoms with Gasteiger partial charge in [0.05, 0.1) is 0 Å². The van der Waals surface area contributed by atoms with Gasteiger partial charge in [-0.05, 0) is 42.8 Å². The van der Waals surface area contributed by atoms with Crippen molar-refractivity contribution in [3.05, 3.63) is 78.6 Å². The van der Waals surface area contributed by atoms with E-state index in [2.05, 4.69) is 15.7 Å². The molecular weight excluding hydrogens is 356 g/mol. The van der Waals surface area contributed by atoms with Crippen LogP contribution < -0.4 is 15.4 Å². The van der Waals surface area contributed by atoms with Crippen molar-refractivity contribution < 1.29 is 14.3 Å². The Hall–Kier alpha value is -3.61. The lowest BCUT2D eigenvalue weighted by molar-refractivity contribution is -0.127. The number of carbonyl (C=O) groups is 2. The number of aromatic nitrogens is 2. The molecular formula is C21H22N4O3. The second kappa shape index (κ2) is 9.36. The van der Waals surface area contributed by atoms with Crippen LogP contribution in [0.2, 0.25) is 0 Å². The van der Waals surface area contributed by atoms with Gasteiger partial charge >= 0.3 is 0 Å². The first-order valence-electron chi connectivity index (χ1n) is 8.96. The third kappa shape index (κ3) is 5.70. The summed E-state index contributed by atoms with van der Waals surface area (Å²) in [6, 6.07) is 18.3. The molecule has 0 saturated heterocycles. The van der Waals surface area contributed by atoms with Crippen molar-refractivity contribution in [3.63, 3.8) is 0 Å². The van der Waals surface area contributed by atoms with Crippen LogP contribution in [-0.4, -0.2) is 27.7 Å². The zero-order chi connectivity index (χ0) is 19.8. The molecule has 2 N–H and O–H groups in total. The highest BCUT2D eigenvalue weighted by Gasteiger charge is 2.14. The molecule has 0 spiro atoms. The maximum atomic E-state index is 12.2. The number of nitrogens with zero attached hydrogens (tertiary/aromatic N) is 2. The van der Waals surface area contributed by atoms with Gasteiger partial charge in [0, 0.05) is 24.6 Å². The minimum atomic E-state index is -0.612. The van der Waals surface area contributed by atoms with E-state index in [0.717, 1.165) is 5.56 Å². The Balaban J connectivity index is 1.49. The van der Waals surface area contributed by atoms with Crippen molar-refractivity contribution in [2.75, 3.05) is 5.32 Å². The van der Waals surface area contributed by atoms with E-state index < -0.39 is 6.10 Å². The van der Waals surface area contributed by atoms with Gasteiger partial charge in [-0.15, -0.1) is 0 Å². The first-order chi connectivity index (χ1) is 13.6. The van der Waals surface area contributed by atoms with Crippen molar-refractivity contribution in [1.29, 1.82) is 0 Å². The van der Waals surface area contributed by atoms with E-state index in [1.54, 1.807) is 48.3 Å². The maximum Gasteiger partial charge on any atom is 0.261 e. The molecule has 144 valence electrons. The summed E-state index contributed by atoms with van der Waals surface area (Å²) in [5.41, 5.74) is 1.54. The number of benzene rings is 2. The van der Waals surface area contributed by atoms with Crippen LogP contribution in [0, 0.1) is 0 Å². The molecule has 0 saturated carbocycles. The lowest BCUT2D eigenvalue weighted by Gasteiger charge is -2.15. The van der Waals surface area contributed by atoms with E-state index in [1.807, 2.05) is 36.4 Å². The largest absolute Gasteiger partial charge is 0.481 e. The molecule has 0 bridgehead atoms. The van der Waals surface area contributed by atoms with Crippen LogP contribution in [0.5, 0.6) is 5.75 Å². The number of hydrogen-bond donors (Lipinski definition) is 2. The number of rotatable bonds is 8. The second-order valence-corrected chi connectivity index (χ2v) is 6.24. The van der Waals surface area contributed by atoms with Crippen LogP contribution in [0.1, 0.15) is 12.5 Å². The Labute approximate surface area is 163 Å². The molecule has 0 radical (unpaired) electrons. The Morgan fingerprint density at radius 2 is 1.93 bits per heavy atom. The third-order valence-electron chi connectivity index (χ3n) is 3.97. The zero-order valence-corrected chi connectivity index (χ0v) is 15.5. The molecule has 1 aromatic heterocycles. The molecule has 28 heavy (non-hydrogen) atoms. The van der Waals surface area contributed by atoms with Gasteiger partial charge in [-0.1, -0.05) is 30.3 Å². The number of nitrogens with one attached hydrogen (secondary N) is 2. The molecule has 0 aliphatic carbocycles. The summed E-state index contributed by atoms with van der Waals surface area (Å²) < 4.78 is 7.16. The number of carbonyl (C=O) groups excluding carboxylic acids is 2. The standard InChI is InChI=1S/C21H22N4O3/c1-16(28-19-9-3-2-4-10-19)21(27)22-14-17-7-5-8-18(13-17)24-20(26)15-25-12-6-11-23-25/h2-13,16H,14-15H2,1H3,(H,22,27)(H,24,26). The number of amides is 2. The molecule has 7 heteroatoms. The highest BCUT2D eigenvalue weighted by molar-refractivity contribution is 5.90. The summed E-state index contributed by atoms with van der Waals surface area (Å²) in [5.74, 6) is 0.263. The highest BCUT2D eigenvalue weighted by Crippen LogP contribution is 2.12. The topological polar surface area (TPSA) is 85.3 Å². The second-order valence-electron chi connectivity index (χ2n) is 6.24. The van der Waals surface area contributed by atoms with Crippen molar-refractivity contribution in [2.45, 2.75) is 26.1 Å². The number of para-hydroxylation sites is 1. The summed E-state index contributed by atoms with van der Waals surface area (Å²) in [6.07, 6.45) is 2.74. The Morgan fingerprint density at radius 3 is 2.68 bits per heavy atom. The van der Waals surface area contributed by atoms with Crippen LogP contribution in [0.4, 0.5) is 5.69 Å². The van der Waals surface area contributed by atoms with Crippen LogP contribution in [0.25, 0.3) is 0 Å². The summed E-state index contributed by atoms with van der Waals surface area (Å²) in [7, 11) is 0. The normalized spacial score (nSPS) is 11.5. The summed E-state index contributed by atoms with van der Waals surface area (Å²) in [6.45, 7) is 2.18. The molecule has 3 aromatic rings. The Kier molecular flexibility index (Phi) is 6.41. The van der Waals surface area contributed by atoms with Gasteiger partial charge in [-0.3, -0.25) is 14.3 Å². The average Bonchev–Trinajstić information content (AvgIpc) is 3.20. The fourth-order valence-electron chi connectivity index (χ4n) is 2.59. The van der Waals surface area contributed by atoms with E-state index in [4.69, 9.17) is 4.74 Å². The van der Waals surface area contributed by atoms with Gasteiger partial charge in [-0.25, -0.2) is 0 Å². The molecule has 0 aliphatic heterocycles. The number of hydrogen-bond acceptors (Lipinski definition) is 4. The lowest BCUT2D eigenvalue weighted by atomic mass is 10.2. The minimum absolute atomic E-state index is 0.141. The van der Waals surface area contributed by atoms with Gasteiger partial charge < -0.3 is 15.4 Å². The Morgan fingerprint density at radius 1 is 1.11 bits per heavy atom. The fourth-order valence-corrected chi connectivity index (χ4v) is 2.59. The van der Waals surface area contributed by atoms with Gasteiger partial charge in [0.25, 0.3) is 5.91 Å². The van der Waals surface area contributed by atoms with E-state index in [-0.39, 0.29) is 18.4 Å². The van der Waals surface area contributed by atoms with Crippen molar-refractivity contribution in [2.24, 2.45) is 0 Å². The molecule has 2 amide bonds. The van der Waals surface area contributed by atoms with Crippen LogP contribution in [-0.2, 0) is 22.7 Å². The molecule has 7 nitrogen and oxygen atoms in total. The smallest absolute Gasteiger partial charge is 0.261 e. The summed E-state index contributed by atoms with van der Waals surface area (Å²) >= 11 is 0. The van der Waals surface area contributed by atoms with Gasteiger partial charge in [0.2, 0.25) is 5.91 Å². The van der Waals surface area contributed by atoms with Crippen molar-refractivity contribution in [1.82, 2.24) is 15.1 Å². The van der Waals surface area contributed by atoms with E-state index in [1.165, 1.54) is 0 Å². The van der Waals surface area contributed by atoms with Gasteiger partial charge in [0.1, 0.15) is 12.3 Å². The lowest BCUT2D eigenvalue weighted by Crippen LogP contribution is -2.35. The third-order valence-corrected chi connectivity index (χ3v) is 3.97. The maximum absolute atomic E-state index is 12.2. The summed E-state index contributed by atoms with van der Waals surface area (Å²) in [5, 5.41) is 9.68. The molecule has 1 heterocycles. The predicted octanol–water partition coefficient (Wildman–Crippen LogP) is 2.61. The molecule has 0 fully saturated rings. The van der Waals surface area contributed by atoms with Crippen LogP contribution in [0.3, 0.4) is 0 Å². The van der Waals surface area contributed by atoms with Gasteiger partial charge in [0.15, 0.2) is 6.10 Å².